The lowest BCUT2D eigenvalue weighted by Gasteiger charge is -2.42. The Balaban J connectivity index is 2.34. The third-order valence-electron chi connectivity index (χ3n) is 4.68. The highest BCUT2D eigenvalue weighted by molar-refractivity contribution is 6.00. The molecule has 0 aliphatic heterocycles. The molecule has 2 aliphatic carbocycles. The molecule has 4 heteroatoms. The van der Waals surface area contributed by atoms with Gasteiger partial charge in [-0.15, -0.1) is 6.58 Å². The van der Waals surface area contributed by atoms with Gasteiger partial charge in [0.05, 0.1) is 14.2 Å². The van der Waals surface area contributed by atoms with Crippen molar-refractivity contribution in [1.29, 1.82) is 0 Å². The minimum absolute atomic E-state index is 0.270. The van der Waals surface area contributed by atoms with Crippen LogP contribution >= 0.6 is 0 Å². The quantitative estimate of drug-likeness (QED) is 0.445. The molecule has 0 spiro atoms. The lowest BCUT2D eigenvalue weighted by Crippen LogP contribution is -2.39. The van der Waals surface area contributed by atoms with Crippen molar-refractivity contribution in [1.82, 2.24) is 0 Å². The molecule has 0 unspecified atom stereocenters. The van der Waals surface area contributed by atoms with Crippen LogP contribution in [0.5, 0.6) is 0 Å². The molecule has 3 atom stereocenters. The fourth-order valence-electron chi connectivity index (χ4n) is 3.80. The number of rotatable bonds is 3. The van der Waals surface area contributed by atoms with E-state index in [0.717, 1.165) is 0 Å². The van der Waals surface area contributed by atoms with Crippen molar-refractivity contribution in [3.63, 3.8) is 0 Å². The number of hydrogen-bond donors (Lipinski definition) is 0. The predicted octanol–water partition coefficient (Wildman–Crippen LogP) is 2.11. The Morgan fingerprint density at radius 3 is 2.26 bits per heavy atom. The molecule has 4 nitrogen and oxygen atoms in total. The standard InChI is InChI=1S/C15H20O4/c1-5-9-10(6-2)12-8-15(7-11(9)12,13(16)18-3)14(17)19-4/h5-6,9,11-12H,1,7-8H2,2-4H3/b10-6-/t9-,11+,12-/m0/s1. The van der Waals surface area contributed by atoms with Crippen LogP contribution in [0.1, 0.15) is 19.8 Å². The van der Waals surface area contributed by atoms with Gasteiger partial charge in [-0.05, 0) is 31.6 Å². The summed E-state index contributed by atoms with van der Waals surface area (Å²) in [6, 6.07) is 0. The van der Waals surface area contributed by atoms with Gasteiger partial charge in [0.2, 0.25) is 0 Å². The lowest BCUT2D eigenvalue weighted by atomic mass is 9.62. The summed E-state index contributed by atoms with van der Waals surface area (Å²) in [4.78, 5) is 24.2. The third kappa shape index (κ3) is 1.73. The summed E-state index contributed by atoms with van der Waals surface area (Å²) >= 11 is 0. The van der Waals surface area contributed by atoms with Crippen molar-refractivity contribution in [3.05, 3.63) is 24.3 Å². The molecule has 19 heavy (non-hydrogen) atoms. The van der Waals surface area contributed by atoms with E-state index in [9.17, 15) is 9.59 Å². The second-order valence-electron chi connectivity index (χ2n) is 5.29. The zero-order valence-electron chi connectivity index (χ0n) is 11.6. The normalized spacial score (nSPS) is 33.2. The van der Waals surface area contributed by atoms with E-state index >= 15 is 0 Å². The molecular formula is C15H20O4. The van der Waals surface area contributed by atoms with Crippen LogP contribution in [-0.4, -0.2) is 26.2 Å². The first kappa shape index (κ1) is 13.8. The minimum Gasteiger partial charge on any atom is -0.468 e. The first-order chi connectivity index (χ1) is 9.05. The molecule has 0 saturated heterocycles. The van der Waals surface area contributed by atoms with Gasteiger partial charge in [-0.3, -0.25) is 9.59 Å². The zero-order chi connectivity index (χ0) is 14.2. The number of methoxy groups -OCH3 is 2. The number of hydrogen-bond acceptors (Lipinski definition) is 4. The van der Waals surface area contributed by atoms with Crippen LogP contribution in [0.15, 0.2) is 24.3 Å². The molecular weight excluding hydrogens is 244 g/mol. The van der Waals surface area contributed by atoms with Gasteiger partial charge in [0.15, 0.2) is 5.41 Å². The molecule has 2 saturated carbocycles. The van der Waals surface area contributed by atoms with E-state index in [2.05, 4.69) is 12.7 Å². The minimum atomic E-state index is -1.13. The second kappa shape index (κ2) is 4.83. The molecule has 0 amide bonds. The Morgan fingerprint density at radius 2 is 1.84 bits per heavy atom. The summed E-state index contributed by atoms with van der Waals surface area (Å²) in [6.07, 6.45) is 4.95. The summed E-state index contributed by atoms with van der Waals surface area (Å²) in [5, 5.41) is 0. The smallest absolute Gasteiger partial charge is 0.323 e. The molecule has 2 fully saturated rings. The molecule has 0 radical (unpaired) electrons. The molecule has 0 aromatic rings. The highest BCUT2D eigenvalue weighted by Gasteiger charge is 2.63. The average Bonchev–Trinajstić information content (AvgIpc) is 2.76. The van der Waals surface area contributed by atoms with Crippen molar-refractivity contribution in [2.75, 3.05) is 14.2 Å². The summed E-state index contributed by atoms with van der Waals surface area (Å²) < 4.78 is 9.68. The van der Waals surface area contributed by atoms with Crippen molar-refractivity contribution >= 4 is 11.9 Å². The molecule has 0 N–H and O–H groups in total. The number of fused-ring (bicyclic) bond motifs is 1. The first-order valence-corrected chi connectivity index (χ1v) is 6.51. The largest absolute Gasteiger partial charge is 0.468 e. The van der Waals surface area contributed by atoms with E-state index in [1.807, 2.05) is 13.0 Å². The fraction of sp³-hybridized carbons (Fsp3) is 0.600. The number of esters is 2. The van der Waals surface area contributed by atoms with Gasteiger partial charge in [-0.2, -0.15) is 0 Å². The molecule has 2 aliphatic rings. The van der Waals surface area contributed by atoms with Crippen LogP contribution in [0.3, 0.4) is 0 Å². The van der Waals surface area contributed by atoms with Gasteiger partial charge < -0.3 is 9.47 Å². The summed E-state index contributed by atoms with van der Waals surface area (Å²) in [7, 11) is 2.63. The molecule has 0 aromatic heterocycles. The Labute approximate surface area is 113 Å². The van der Waals surface area contributed by atoms with E-state index in [-0.39, 0.29) is 11.8 Å². The number of carbonyl (C=O) groups is 2. The van der Waals surface area contributed by atoms with Gasteiger partial charge in [0, 0.05) is 5.92 Å². The first-order valence-electron chi connectivity index (χ1n) is 6.51. The van der Waals surface area contributed by atoms with Crippen molar-refractivity contribution < 1.29 is 19.1 Å². The highest BCUT2D eigenvalue weighted by atomic mass is 16.5. The van der Waals surface area contributed by atoms with E-state index in [1.54, 1.807) is 0 Å². The van der Waals surface area contributed by atoms with E-state index in [1.165, 1.54) is 19.8 Å². The Morgan fingerprint density at radius 1 is 1.26 bits per heavy atom. The SMILES string of the molecule is C=C[C@H]1/C(=C/C)[C@@H]2CC(C(=O)OC)(C(=O)OC)C[C@H]12. The zero-order valence-corrected chi connectivity index (χ0v) is 11.6. The van der Waals surface area contributed by atoms with Crippen molar-refractivity contribution in [2.24, 2.45) is 23.2 Å². The summed E-state index contributed by atoms with van der Waals surface area (Å²) in [5.74, 6) is -0.127. The van der Waals surface area contributed by atoms with Crippen molar-refractivity contribution in [3.8, 4) is 0 Å². The van der Waals surface area contributed by atoms with Gasteiger partial charge in [-0.1, -0.05) is 17.7 Å². The lowest BCUT2D eigenvalue weighted by molar-refractivity contribution is -0.168. The predicted molar refractivity (Wildman–Crippen MR) is 70.1 cm³/mol. The van der Waals surface area contributed by atoms with Gasteiger partial charge >= 0.3 is 11.9 Å². The Kier molecular flexibility index (Phi) is 3.52. The number of allylic oxidation sites excluding steroid dienone is 3. The summed E-state index contributed by atoms with van der Waals surface area (Å²) in [5.41, 5.74) is 0.139. The maximum Gasteiger partial charge on any atom is 0.323 e. The number of ether oxygens (including phenoxy) is 2. The van der Waals surface area contributed by atoms with Crippen LogP contribution in [0.4, 0.5) is 0 Å². The number of carbonyl (C=O) groups excluding carboxylic acids is 2. The van der Waals surface area contributed by atoms with Crippen LogP contribution in [0, 0.1) is 23.2 Å². The molecule has 0 heterocycles. The maximum atomic E-state index is 12.1. The average molecular weight is 264 g/mol. The van der Waals surface area contributed by atoms with Gasteiger partial charge in [0.25, 0.3) is 0 Å². The third-order valence-corrected chi connectivity index (χ3v) is 4.68. The highest BCUT2D eigenvalue weighted by Crippen LogP contribution is 2.62. The van der Waals surface area contributed by atoms with E-state index < -0.39 is 17.4 Å². The molecule has 0 aromatic carbocycles. The van der Waals surface area contributed by atoms with Crippen molar-refractivity contribution in [2.45, 2.75) is 19.8 Å². The summed E-state index contributed by atoms with van der Waals surface area (Å²) in [6.45, 7) is 5.83. The maximum absolute atomic E-state index is 12.1. The second-order valence-corrected chi connectivity index (χ2v) is 5.29. The molecule has 0 bridgehead atoms. The molecule has 2 rings (SSSR count). The Bertz CT molecular complexity index is 433. The van der Waals surface area contributed by atoms with Gasteiger partial charge in [-0.25, -0.2) is 0 Å². The Hall–Kier alpha value is -1.58. The van der Waals surface area contributed by atoms with Crippen LogP contribution in [-0.2, 0) is 19.1 Å². The van der Waals surface area contributed by atoms with E-state index in [0.29, 0.717) is 18.8 Å². The van der Waals surface area contributed by atoms with E-state index in [4.69, 9.17) is 9.47 Å². The monoisotopic (exact) mass is 264 g/mol. The van der Waals surface area contributed by atoms with Crippen LogP contribution < -0.4 is 0 Å². The fourth-order valence-corrected chi connectivity index (χ4v) is 3.80. The van der Waals surface area contributed by atoms with Gasteiger partial charge in [0.1, 0.15) is 0 Å². The molecule has 104 valence electrons. The van der Waals surface area contributed by atoms with Crippen LogP contribution in [0.25, 0.3) is 0 Å². The van der Waals surface area contributed by atoms with Crippen LogP contribution in [0.2, 0.25) is 0 Å². The topological polar surface area (TPSA) is 52.6 Å².